The van der Waals surface area contributed by atoms with Gasteiger partial charge in [0.05, 0.1) is 6.54 Å². The Morgan fingerprint density at radius 1 is 1.43 bits per heavy atom. The summed E-state index contributed by atoms with van der Waals surface area (Å²) in [5.41, 5.74) is 6.00. The van der Waals surface area contributed by atoms with E-state index in [0.717, 1.165) is 19.5 Å². The molecule has 0 aromatic carbocycles. The van der Waals surface area contributed by atoms with E-state index in [-0.39, 0.29) is 35.6 Å². The van der Waals surface area contributed by atoms with E-state index in [1.807, 2.05) is 0 Å². The minimum Gasteiger partial charge on any atom is -0.338 e. The van der Waals surface area contributed by atoms with Crippen LogP contribution in [-0.4, -0.2) is 40.3 Å². The number of halogens is 4. The van der Waals surface area contributed by atoms with Gasteiger partial charge in [-0.1, -0.05) is 19.0 Å². The normalized spacial score (nSPS) is 22.9. The van der Waals surface area contributed by atoms with Crippen molar-refractivity contribution >= 4 is 12.4 Å². The molecule has 9 heteroatoms. The number of hydrogen-bond acceptors (Lipinski definition) is 5. The molecule has 0 radical (unpaired) electrons. The number of rotatable bonds is 3. The van der Waals surface area contributed by atoms with Crippen LogP contribution in [0.2, 0.25) is 0 Å². The lowest BCUT2D eigenvalue weighted by Gasteiger charge is -2.42. The third-order valence-electron chi connectivity index (χ3n) is 3.62. The van der Waals surface area contributed by atoms with Crippen LogP contribution in [-0.2, 0) is 13.0 Å². The van der Waals surface area contributed by atoms with Gasteiger partial charge in [-0.15, -0.1) is 12.4 Å². The lowest BCUT2D eigenvalue weighted by Crippen LogP contribution is -2.52. The monoisotopic (exact) mass is 328 g/mol. The Bertz CT molecular complexity index is 464. The predicted octanol–water partition coefficient (Wildman–Crippen LogP) is 2.16. The Hall–Kier alpha value is -0.860. The van der Waals surface area contributed by atoms with Crippen LogP contribution in [0, 0.1) is 5.41 Å². The number of hydrogen-bond donors (Lipinski definition) is 1. The minimum absolute atomic E-state index is 0. The second-order valence-electron chi connectivity index (χ2n) is 5.99. The molecule has 0 aliphatic carbocycles. The van der Waals surface area contributed by atoms with Gasteiger partial charge in [-0.2, -0.15) is 18.2 Å². The molecule has 1 fully saturated rings. The second-order valence-corrected chi connectivity index (χ2v) is 5.99. The topological polar surface area (TPSA) is 68.2 Å². The van der Waals surface area contributed by atoms with E-state index in [1.54, 1.807) is 0 Å². The molecule has 1 unspecified atom stereocenters. The number of piperidine rings is 1. The Kier molecular flexibility index (Phi) is 5.63. The Morgan fingerprint density at radius 3 is 2.67 bits per heavy atom. The van der Waals surface area contributed by atoms with Gasteiger partial charge in [0.1, 0.15) is 6.42 Å². The SMILES string of the molecule is CC1(C)CN(Cc2nc(CC(F)(F)F)no2)CCC1N.Cl. The number of aromatic nitrogens is 2. The van der Waals surface area contributed by atoms with Crippen LogP contribution < -0.4 is 5.73 Å². The molecule has 2 N–H and O–H groups in total. The van der Waals surface area contributed by atoms with Crippen LogP contribution in [0.4, 0.5) is 13.2 Å². The van der Waals surface area contributed by atoms with Crippen LogP contribution in [0.1, 0.15) is 32.0 Å². The molecule has 122 valence electrons. The molecule has 1 aliphatic heterocycles. The van der Waals surface area contributed by atoms with Crippen molar-refractivity contribution in [3.8, 4) is 0 Å². The van der Waals surface area contributed by atoms with Gasteiger partial charge in [-0.25, -0.2) is 0 Å². The van der Waals surface area contributed by atoms with Crippen LogP contribution in [0.15, 0.2) is 4.52 Å². The first kappa shape index (κ1) is 18.2. The fourth-order valence-corrected chi connectivity index (χ4v) is 2.42. The summed E-state index contributed by atoms with van der Waals surface area (Å²) in [6.45, 7) is 6.05. The molecule has 2 rings (SSSR count). The van der Waals surface area contributed by atoms with E-state index in [1.165, 1.54) is 0 Å². The summed E-state index contributed by atoms with van der Waals surface area (Å²) in [6, 6.07) is 0.127. The number of alkyl halides is 3. The summed E-state index contributed by atoms with van der Waals surface area (Å²) in [5.74, 6) is -0.101. The molecule has 1 atom stereocenters. The standard InChI is InChI=1S/C12H19F3N4O.ClH/c1-11(2)7-19(4-3-8(11)16)6-10-17-9(18-20-10)5-12(13,14)15;/h8H,3-7,16H2,1-2H3;1H. The van der Waals surface area contributed by atoms with E-state index in [2.05, 4.69) is 28.9 Å². The maximum absolute atomic E-state index is 12.2. The summed E-state index contributed by atoms with van der Waals surface area (Å²) in [5, 5.41) is 3.36. The van der Waals surface area contributed by atoms with Gasteiger partial charge >= 0.3 is 6.18 Å². The quantitative estimate of drug-likeness (QED) is 0.921. The molecule has 2 heterocycles. The van der Waals surface area contributed by atoms with E-state index in [9.17, 15) is 13.2 Å². The van der Waals surface area contributed by atoms with Crippen molar-refractivity contribution in [1.82, 2.24) is 15.0 Å². The van der Waals surface area contributed by atoms with E-state index >= 15 is 0 Å². The van der Waals surface area contributed by atoms with Crippen molar-refractivity contribution in [2.24, 2.45) is 11.1 Å². The summed E-state index contributed by atoms with van der Waals surface area (Å²) in [4.78, 5) is 5.86. The van der Waals surface area contributed by atoms with Crippen molar-refractivity contribution in [1.29, 1.82) is 0 Å². The van der Waals surface area contributed by atoms with Crippen LogP contribution in [0.3, 0.4) is 0 Å². The average Bonchev–Trinajstić information content (AvgIpc) is 2.68. The zero-order valence-electron chi connectivity index (χ0n) is 12.0. The molecule has 1 aromatic heterocycles. The maximum Gasteiger partial charge on any atom is 0.396 e. The van der Waals surface area contributed by atoms with Crippen LogP contribution in [0.5, 0.6) is 0 Å². The lowest BCUT2D eigenvalue weighted by atomic mass is 9.80. The average molecular weight is 329 g/mol. The van der Waals surface area contributed by atoms with E-state index in [4.69, 9.17) is 10.3 Å². The zero-order valence-corrected chi connectivity index (χ0v) is 12.8. The first-order chi connectivity index (χ1) is 9.16. The molecule has 1 saturated heterocycles. The first-order valence-corrected chi connectivity index (χ1v) is 6.52. The maximum atomic E-state index is 12.2. The molecule has 0 saturated carbocycles. The lowest BCUT2D eigenvalue weighted by molar-refractivity contribution is -0.128. The number of likely N-dealkylation sites (tertiary alicyclic amines) is 1. The van der Waals surface area contributed by atoms with Crippen LogP contribution >= 0.6 is 12.4 Å². The molecular weight excluding hydrogens is 309 g/mol. The molecule has 5 nitrogen and oxygen atoms in total. The highest BCUT2D eigenvalue weighted by molar-refractivity contribution is 5.85. The van der Waals surface area contributed by atoms with E-state index < -0.39 is 12.6 Å². The highest BCUT2D eigenvalue weighted by atomic mass is 35.5. The van der Waals surface area contributed by atoms with Gasteiger partial charge in [0.25, 0.3) is 0 Å². The first-order valence-electron chi connectivity index (χ1n) is 6.52. The number of nitrogens with zero attached hydrogens (tertiary/aromatic N) is 3. The summed E-state index contributed by atoms with van der Waals surface area (Å²) >= 11 is 0. The Morgan fingerprint density at radius 2 is 2.10 bits per heavy atom. The Balaban J connectivity index is 0.00000220. The van der Waals surface area contributed by atoms with Gasteiger partial charge in [0.2, 0.25) is 5.89 Å². The van der Waals surface area contributed by atoms with Gasteiger partial charge in [-0.3, -0.25) is 4.90 Å². The minimum atomic E-state index is -4.32. The predicted molar refractivity (Wildman–Crippen MR) is 73.0 cm³/mol. The molecule has 1 aliphatic rings. The van der Waals surface area contributed by atoms with Gasteiger partial charge in [-0.05, 0) is 11.8 Å². The molecule has 0 bridgehead atoms. The highest BCUT2D eigenvalue weighted by Crippen LogP contribution is 2.28. The smallest absolute Gasteiger partial charge is 0.338 e. The molecule has 1 aromatic rings. The third-order valence-corrected chi connectivity index (χ3v) is 3.62. The number of nitrogens with two attached hydrogens (primary N) is 1. The van der Waals surface area contributed by atoms with Crippen molar-refractivity contribution < 1.29 is 17.7 Å². The molecular formula is C12H20ClF3N4O. The van der Waals surface area contributed by atoms with Gasteiger partial charge in [0, 0.05) is 19.1 Å². The fourth-order valence-electron chi connectivity index (χ4n) is 2.42. The molecule has 0 amide bonds. The summed E-state index contributed by atoms with van der Waals surface area (Å²) in [7, 11) is 0. The van der Waals surface area contributed by atoms with Crippen molar-refractivity contribution in [2.75, 3.05) is 13.1 Å². The third kappa shape index (κ3) is 5.12. The van der Waals surface area contributed by atoms with Crippen molar-refractivity contribution in [2.45, 2.75) is 45.5 Å². The van der Waals surface area contributed by atoms with Gasteiger partial charge < -0.3 is 10.3 Å². The fraction of sp³-hybridized carbons (Fsp3) is 0.833. The zero-order chi connectivity index (χ0) is 15.0. The van der Waals surface area contributed by atoms with Gasteiger partial charge in [0.15, 0.2) is 5.82 Å². The van der Waals surface area contributed by atoms with E-state index in [0.29, 0.717) is 6.54 Å². The second kappa shape index (κ2) is 6.50. The van der Waals surface area contributed by atoms with Crippen molar-refractivity contribution in [3.05, 3.63) is 11.7 Å². The largest absolute Gasteiger partial charge is 0.396 e. The van der Waals surface area contributed by atoms with Crippen molar-refractivity contribution in [3.63, 3.8) is 0 Å². The molecule has 0 spiro atoms. The highest BCUT2D eigenvalue weighted by Gasteiger charge is 2.34. The molecule has 21 heavy (non-hydrogen) atoms. The summed E-state index contributed by atoms with van der Waals surface area (Å²) in [6.07, 6.45) is -4.63. The van der Waals surface area contributed by atoms with Crippen LogP contribution in [0.25, 0.3) is 0 Å². The summed E-state index contributed by atoms with van der Waals surface area (Å²) < 4.78 is 41.5. The Labute approximate surface area is 127 Å².